The van der Waals surface area contributed by atoms with Gasteiger partial charge in [-0.15, -0.1) is 0 Å². The number of hydrogen-bond donors (Lipinski definition) is 0. The molecule has 0 N–H and O–H groups in total. The molecule has 1 aliphatic carbocycles. The first-order valence-electron chi connectivity index (χ1n) is 10.3. The van der Waals surface area contributed by atoms with Crippen LogP contribution < -0.4 is 5.46 Å². The van der Waals surface area contributed by atoms with Crippen LogP contribution in [0.25, 0.3) is 0 Å². The molecule has 1 aromatic rings. The normalized spacial score (nSPS) is 25.8. The van der Waals surface area contributed by atoms with Crippen molar-refractivity contribution in [3.63, 3.8) is 0 Å². The van der Waals surface area contributed by atoms with Gasteiger partial charge in [0.25, 0.3) is 0 Å². The highest BCUT2D eigenvalue weighted by atomic mass is 19.1. The third-order valence-electron chi connectivity index (χ3n) is 6.24. The van der Waals surface area contributed by atoms with Gasteiger partial charge < -0.3 is 14.0 Å². The lowest BCUT2D eigenvalue weighted by Gasteiger charge is -2.32. The van der Waals surface area contributed by atoms with Crippen LogP contribution in [0.3, 0.4) is 0 Å². The fourth-order valence-electron chi connectivity index (χ4n) is 3.78. The van der Waals surface area contributed by atoms with E-state index in [1.807, 2.05) is 33.8 Å². The smallest absolute Gasteiger partial charge is 0.489 e. The van der Waals surface area contributed by atoms with Crippen LogP contribution in [0.2, 0.25) is 0 Å². The minimum atomic E-state index is -0.526. The van der Waals surface area contributed by atoms with E-state index in [9.17, 15) is 4.39 Å². The molecule has 0 spiro atoms. The molecule has 1 saturated carbocycles. The Balaban J connectivity index is 1.69. The lowest BCUT2D eigenvalue weighted by molar-refractivity contribution is 0.00578. The summed E-state index contributed by atoms with van der Waals surface area (Å²) in [6, 6.07) is 4.90. The Kier molecular flexibility index (Phi) is 6.12. The third-order valence-corrected chi connectivity index (χ3v) is 6.24. The van der Waals surface area contributed by atoms with Crippen molar-refractivity contribution in [2.45, 2.75) is 72.2 Å². The largest absolute Gasteiger partial charge is 0.494 e. The zero-order valence-corrected chi connectivity index (χ0v) is 18.5. The minimum Gasteiger partial charge on any atom is -0.489 e. The third kappa shape index (κ3) is 4.67. The molecule has 5 heteroatoms. The van der Waals surface area contributed by atoms with Crippen molar-refractivity contribution in [3.8, 4) is 0 Å². The molecular formula is C24H32BFO3. The van der Waals surface area contributed by atoms with Crippen molar-refractivity contribution in [2.24, 2.45) is 5.92 Å². The highest BCUT2D eigenvalue weighted by Crippen LogP contribution is 2.37. The number of benzene rings is 1. The number of rotatable bonds is 5. The summed E-state index contributed by atoms with van der Waals surface area (Å²) >= 11 is 0. The summed E-state index contributed by atoms with van der Waals surface area (Å²) < 4.78 is 32.3. The molecule has 1 atom stereocenters. The Bertz CT molecular complexity index is 838. The molecule has 0 amide bonds. The Hall–Kier alpha value is -1.85. The highest BCUT2D eigenvalue weighted by molar-refractivity contribution is 6.62. The molecule has 1 aromatic carbocycles. The molecule has 1 unspecified atom stereocenters. The van der Waals surface area contributed by atoms with E-state index in [0.29, 0.717) is 17.2 Å². The maximum Gasteiger partial charge on any atom is 0.494 e. The average Bonchev–Trinajstić information content (AvgIpc) is 3.09. The van der Waals surface area contributed by atoms with Crippen molar-refractivity contribution >= 4 is 12.6 Å². The molecule has 1 heterocycles. The molecule has 0 bridgehead atoms. The predicted molar refractivity (Wildman–Crippen MR) is 116 cm³/mol. The first kappa shape index (κ1) is 21.9. The van der Waals surface area contributed by atoms with E-state index in [1.54, 1.807) is 12.1 Å². The second-order valence-corrected chi connectivity index (χ2v) is 9.19. The SMILES string of the molecule is C=C(/C=C1/CC(C)C/C1=C/C)OCc1cc(B2OC(C)(C)C(C)(C)O2)ccc1F. The van der Waals surface area contributed by atoms with Crippen molar-refractivity contribution < 1.29 is 18.4 Å². The van der Waals surface area contributed by atoms with Crippen molar-refractivity contribution in [1.82, 2.24) is 0 Å². The summed E-state index contributed by atoms with van der Waals surface area (Å²) in [6.07, 6.45) is 6.24. The molecule has 0 aromatic heterocycles. The topological polar surface area (TPSA) is 27.7 Å². The van der Waals surface area contributed by atoms with E-state index >= 15 is 0 Å². The van der Waals surface area contributed by atoms with Crippen LogP contribution in [0.4, 0.5) is 4.39 Å². The first-order chi connectivity index (χ1) is 13.5. The van der Waals surface area contributed by atoms with Gasteiger partial charge in [-0.05, 0) is 82.1 Å². The van der Waals surface area contributed by atoms with Crippen LogP contribution in [0, 0.1) is 11.7 Å². The standard InChI is InChI=1S/C24H32BFO3/c1-8-18-11-16(2)12-19(18)13-17(3)27-15-20-14-21(9-10-22(20)26)25-28-23(4,5)24(6,7)29-25/h8-10,13-14,16H,3,11-12,15H2,1-2,4-7H3/b18-8-,19-13-. The number of halogens is 1. The monoisotopic (exact) mass is 398 g/mol. The van der Waals surface area contributed by atoms with E-state index in [-0.39, 0.29) is 12.4 Å². The van der Waals surface area contributed by atoms with E-state index in [4.69, 9.17) is 14.0 Å². The minimum absolute atomic E-state index is 0.114. The summed E-state index contributed by atoms with van der Waals surface area (Å²) in [4.78, 5) is 0. The summed E-state index contributed by atoms with van der Waals surface area (Å²) in [7, 11) is -0.526. The molecule has 1 saturated heterocycles. The van der Waals surface area contributed by atoms with Crippen LogP contribution in [-0.4, -0.2) is 18.3 Å². The quantitative estimate of drug-likeness (QED) is 0.487. The van der Waals surface area contributed by atoms with Crippen LogP contribution in [0.1, 0.15) is 59.9 Å². The number of hydrogen-bond acceptors (Lipinski definition) is 3. The molecule has 3 nitrogen and oxygen atoms in total. The zero-order chi connectivity index (χ0) is 21.4. The highest BCUT2D eigenvalue weighted by Gasteiger charge is 2.51. The van der Waals surface area contributed by atoms with Gasteiger partial charge in [0.05, 0.1) is 11.2 Å². The van der Waals surface area contributed by atoms with Gasteiger partial charge in [0.2, 0.25) is 0 Å². The van der Waals surface area contributed by atoms with Crippen LogP contribution in [0.15, 0.2) is 53.8 Å². The summed E-state index contributed by atoms with van der Waals surface area (Å²) in [5.41, 5.74) is 2.97. The maximum atomic E-state index is 14.4. The molecule has 156 valence electrons. The molecule has 29 heavy (non-hydrogen) atoms. The molecule has 0 radical (unpaired) electrons. The zero-order valence-electron chi connectivity index (χ0n) is 18.5. The number of ether oxygens (including phenoxy) is 1. The van der Waals surface area contributed by atoms with Gasteiger partial charge in [-0.1, -0.05) is 31.7 Å². The molecule has 2 aliphatic rings. The van der Waals surface area contributed by atoms with Crippen LogP contribution in [-0.2, 0) is 20.7 Å². The number of allylic oxidation sites excluding steroid dienone is 4. The van der Waals surface area contributed by atoms with Gasteiger partial charge in [-0.3, -0.25) is 0 Å². The molecule has 2 fully saturated rings. The van der Waals surface area contributed by atoms with Crippen molar-refractivity contribution in [1.29, 1.82) is 0 Å². The van der Waals surface area contributed by atoms with E-state index < -0.39 is 18.3 Å². The van der Waals surface area contributed by atoms with E-state index in [0.717, 1.165) is 18.3 Å². The Morgan fingerprint density at radius 1 is 1.21 bits per heavy atom. The van der Waals surface area contributed by atoms with Gasteiger partial charge in [0, 0.05) is 5.56 Å². The van der Waals surface area contributed by atoms with E-state index in [1.165, 1.54) is 17.2 Å². The Morgan fingerprint density at radius 2 is 1.83 bits per heavy atom. The summed E-state index contributed by atoms with van der Waals surface area (Å²) in [6.45, 7) is 16.4. The predicted octanol–water partition coefficient (Wildman–Crippen LogP) is 5.46. The summed E-state index contributed by atoms with van der Waals surface area (Å²) in [5.74, 6) is 0.873. The van der Waals surface area contributed by atoms with Crippen LogP contribution in [0.5, 0.6) is 0 Å². The first-order valence-corrected chi connectivity index (χ1v) is 10.3. The lowest BCUT2D eigenvalue weighted by atomic mass is 9.78. The van der Waals surface area contributed by atoms with Gasteiger partial charge in [-0.25, -0.2) is 4.39 Å². The Labute approximate surface area is 174 Å². The molecule has 1 aliphatic heterocycles. The van der Waals surface area contributed by atoms with Crippen molar-refractivity contribution in [3.05, 3.63) is 65.2 Å². The van der Waals surface area contributed by atoms with Crippen molar-refractivity contribution in [2.75, 3.05) is 0 Å². The average molecular weight is 398 g/mol. The lowest BCUT2D eigenvalue weighted by Crippen LogP contribution is -2.41. The van der Waals surface area contributed by atoms with Crippen LogP contribution >= 0.6 is 0 Å². The fraction of sp³-hybridized carbons (Fsp3) is 0.500. The fourth-order valence-corrected chi connectivity index (χ4v) is 3.78. The Morgan fingerprint density at radius 3 is 2.45 bits per heavy atom. The maximum absolute atomic E-state index is 14.4. The van der Waals surface area contributed by atoms with Gasteiger partial charge in [0.1, 0.15) is 18.2 Å². The molecule has 3 rings (SSSR count). The molecular weight excluding hydrogens is 366 g/mol. The second-order valence-electron chi connectivity index (χ2n) is 9.19. The summed E-state index contributed by atoms with van der Waals surface area (Å²) in [5, 5.41) is 0. The van der Waals surface area contributed by atoms with Gasteiger partial charge >= 0.3 is 7.12 Å². The second kappa shape index (κ2) is 8.12. The van der Waals surface area contributed by atoms with E-state index in [2.05, 4.69) is 26.5 Å². The van der Waals surface area contributed by atoms with Gasteiger partial charge in [0.15, 0.2) is 0 Å². The van der Waals surface area contributed by atoms with Gasteiger partial charge in [-0.2, -0.15) is 0 Å².